The fourth-order valence-electron chi connectivity index (χ4n) is 1.83. The standard InChI is InChI=1S/C13H18O2S2/c1-2-10-3-4-13(17-10)12(14)9-16-11-5-7-15-8-6-11/h3-4,11H,2,5-9H2,1H3. The van der Waals surface area contributed by atoms with E-state index in [1.165, 1.54) is 4.88 Å². The van der Waals surface area contributed by atoms with Gasteiger partial charge in [0.25, 0.3) is 0 Å². The predicted molar refractivity (Wildman–Crippen MR) is 74.3 cm³/mol. The van der Waals surface area contributed by atoms with E-state index in [1.54, 1.807) is 23.1 Å². The molecule has 2 heterocycles. The molecule has 0 saturated carbocycles. The first-order valence-corrected chi connectivity index (χ1v) is 7.97. The van der Waals surface area contributed by atoms with Gasteiger partial charge in [0.1, 0.15) is 0 Å². The van der Waals surface area contributed by atoms with Gasteiger partial charge in [0.15, 0.2) is 5.78 Å². The minimum Gasteiger partial charge on any atom is -0.381 e. The van der Waals surface area contributed by atoms with Gasteiger partial charge in [-0.15, -0.1) is 11.3 Å². The number of carbonyl (C=O) groups excluding carboxylic acids is 1. The Kier molecular flexibility index (Phi) is 5.07. The van der Waals surface area contributed by atoms with Gasteiger partial charge in [-0.2, -0.15) is 11.8 Å². The van der Waals surface area contributed by atoms with Crippen LogP contribution < -0.4 is 0 Å². The Labute approximate surface area is 111 Å². The third kappa shape index (κ3) is 3.83. The first-order valence-electron chi connectivity index (χ1n) is 6.11. The van der Waals surface area contributed by atoms with Crippen molar-refractivity contribution in [1.82, 2.24) is 0 Å². The van der Waals surface area contributed by atoms with Gasteiger partial charge in [0, 0.05) is 23.3 Å². The van der Waals surface area contributed by atoms with Crippen molar-refractivity contribution in [2.45, 2.75) is 31.4 Å². The van der Waals surface area contributed by atoms with Crippen molar-refractivity contribution >= 4 is 28.9 Å². The second-order valence-corrected chi connectivity index (χ2v) is 6.62. The van der Waals surface area contributed by atoms with Crippen molar-refractivity contribution < 1.29 is 9.53 Å². The smallest absolute Gasteiger partial charge is 0.182 e. The number of aryl methyl sites for hydroxylation is 1. The van der Waals surface area contributed by atoms with Gasteiger partial charge >= 0.3 is 0 Å². The molecular weight excluding hydrogens is 252 g/mol. The van der Waals surface area contributed by atoms with Crippen LogP contribution in [-0.2, 0) is 11.2 Å². The summed E-state index contributed by atoms with van der Waals surface area (Å²) < 4.78 is 5.31. The molecule has 0 bridgehead atoms. The van der Waals surface area contributed by atoms with E-state index in [-0.39, 0.29) is 5.78 Å². The Morgan fingerprint density at radius 1 is 1.47 bits per heavy atom. The molecule has 17 heavy (non-hydrogen) atoms. The van der Waals surface area contributed by atoms with E-state index < -0.39 is 0 Å². The average Bonchev–Trinajstić information content (AvgIpc) is 2.86. The molecule has 1 aliphatic rings. The van der Waals surface area contributed by atoms with Crippen LogP contribution in [0.3, 0.4) is 0 Å². The number of hydrogen-bond acceptors (Lipinski definition) is 4. The van der Waals surface area contributed by atoms with Crippen molar-refractivity contribution in [2.24, 2.45) is 0 Å². The van der Waals surface area contributed by atoms with E-state index in [9.17, 15) is 4.79 Å². The highest BCUT2D eigenvalue weighted by Crippen LogP contribution is 2.24. The second kappa shape index (κ2) is 6.57. The van der Waals surface area contributed by atoms with Crippen LogP contribution in [0, 0.1) is 0 Å². The lowest BCUT2D eigenvalue weighted by atomic mass is 10.2. The second-order valence-electron chi connectivity index (χ2n) is 4.17. The van der Waals surface area contributed by atoms with Crippen LogP contribution in [0.1, 0.15) is 34.3 Å². The quantitative estimate of drug-likeness (QED) is 0.767. The van der Waals surface area contributed by atoms with E-state index >= 15 is 0 Å². The van der Waals surface area contributed by atoms with Crippen LogP contribution >= 0.6 is 23.1 Å². The van der Waals surface area contributed by atoms with Gasteiger partial charge in [-0.25, -0.2) is 0 Å². The zero-order valence-electron chi connectivity index (χ0n) is 10.1. The summed E-state index contributed by atoms with van der Waals surface area (Å²) in [5.41, 5.74) is 0. The van der Waals surface area contributed by atoms with E-state index in [1.807, 2.05) is 6.07 Å². The Hall–Kier alpha value is -0.320. The highest BCUT2D eigenvalue weighted by atomic mass is 32.2. The lowest BCUT2D eigenvalue weighted by molar-refractivity contribution is 0.0989. The molecule has 1 aliphatic heterocycles. The number of thioether (sulfide) groups is 1. The van der Waals surface area contributed by atoms with Crippen molar-refractivity contribution in [3.63, 3.8) is 0 Å². The molecule has 2 nitrogen and oxygen atoms in total. The highest BCUT2D eigenvalue weighted by Gasteiger charge is 2.17. The average molecular weight is 270 g/mol. The first kappa shape index (κ1) is 13.1. The number of ether oxygens (including phenoxy) is 1. The van der Waals surface area contributed by atoms with Crippen molar-refractivity contribution in [2.75, 3.05) is 19.0 Å². The van der Waals surface area contributed by atoms with Crippen molar-refractivity contribution in [1.29, 1.82) is 0 Å². The molecule has 0 unspecified atom stereocenters. The van der Waals surface area contributed by atoms with Gasteiger partial charge < -0.3 is 4.74 Å². The third-order valence-corrected chi connectivity index (χ3v) is 5.55. The molecule has 1 saturated heterocycles. The van der Waals surface area contributed by atoms with E-state index in [4.69, 9.17) is 4.74 Å². The zero-order valence-corrected chi connectivity index (χ0v) is 11.7. The summed E-state index contributed by atoms with van der Waals surface area (Å²) in [6, 6.07) is 4.04. The van der Waals surface area contributed by atoms with E-state index in [0.717, 1.165) is 37.4 Å². The van der Waals surface area contributed by atoms with Crippen molar-refractivity contribution in [3.8, 4) is 0 Å². The maximum Gasteiger partial charge on any atom is 0.182 e. The molecular formula is C13H18O2S2. The van der Waals surface area contributed by atoms with Gasteiger partial charge in [0.2, 0.25) is 0 Å². The SMILES string of the molecule is CCc1ccc(C(=O)CSC2CCOCC2)s1. The molecule has 0 spiro atoms. The third-order valence-electron chi connectivity index (χ3n) is 2.90. The number of Topliss-reactive ketones (excluding diaryl/α,β-unsaturated/α-hetero) is 1. The summed E-state index contributed by atoms with van der Waals surface area (Å²) in [4.78, 5) is 14.2. The largest absolute Gasteiger partial charge is 0.381 e. The zero-order chi connectivity index (χ0) is 12.1. The van der Waals surface area contributed by atoms with Crippen molar-refractivity contribution in [3.05, 3.63) is 21.9 Å². The number of ketones is 1. The van der Waals surface area contributed by atoms with Crippen LogP contribution in [0.4, 0.5) is 0 Å². The maximum atomic E-state index is 12.0. The summed E-state index contributed by atoms with van der Waals surface area (Å²) in [6.07, 6.45) is 3.19. The topological polar surface area (TPSA) is 26.3 Å². The van der Waals surface area contributed by atoms with Gasteiger partial charge in [0.05, 0.1) is 10.6 Å². The molecule has 0 radical (unpaired) electrons. The minimum atomic E-state index is 0.284. The summed E-state index contributed by atoms with van der Waals surface area (Å²) >= 11 is 3.43. The lowest BCUT2D eigenvalue weighted by Crippen LogP contribution is -2.19. The number of rotatable bonds is 5. The molecule has 1 fully saturated rings. The van der Waals surface area contributed by atoms with E-state index in [2.05, 4.69) is 13.0 Å². The number of thiophene rings is 1. The maximum absolute atomic E-state index is 12.0. The minimum absolute atomic E-state index is 0.284. The van der Waals surface area contributed by atoms with Crippen LogP contribution in [0.25, 0.3) is 0 Å². The summed E-state index contributed by atoms with van der Waals surface area (Å²) in [5.74, 6) is 0.903. The first-order chi connectivity index (χ1) is 8.29. The molecule has 1 aromatic rings. The monoisotopic (exact) mass is 270 g/mol. The van der Waals surface area contributed by atoms with Gasteiger partial charge in [-0.05, 0) is 31.4 Å². The molecule has 0 amide bonds. The fraction of sp³-hybridized carbons (Fsp3) is 0.615. The Morgan fingerprint density at radius 2 is 2.24 bits per heavy atom. The highest BCUT2D eigenvalue weighted by molar-refractivity contribution is 8.00. The number of hydrogen-bond donors (Lipinski definition) is 0. The summed E-state index contributed by atoms with van der Waals surface area (Å²) in [5, 5.41) is 0.610. The Morgan fingerprint density at radius 3 is 2.88 bits per heavy atom. The van der Waals surface area contributed by atoms with Crippen LogP contribution in [0.15, 0.2) is 12.1 Å². The van der Waals surface area contributed by atoms with Crippen LogP contribution in [-0.4, -0.2) is 30.0 Å². The molecule has 0 aliphatic carbocycles. The molecule has 94 valence electrons. The van der Waals surface area contributed by atoms with E-state index in [0.29, 0.717) is 11.0 Å². The summed E-state index contributed by atoms with van der Waals surface area (Å²) in [7, 11) is 0. The Bertz CT molecular complexity index is 367. The molecule has 1 aromatic heterocycles. The lowest BCUT2D eigenvalue weighted by Gasteiger charge is -2.20. The van der Waals surface area contributed by atoms with Crippen LogP contribution in [0.2, 0.25) is 0 Å². The van der Waals surface area contributed by atoms with Gasteiger partial charge in [-0.1, -0.05) is 6.92 Å². The summed E-state index contributed by atoms with van der Waals surface area (Å²) in [6.45, 7) is 3.83. The number of carbonyl (C=O) groups is 1. The molecule has 0 aromatic carbocycles. The normalized spacial score (nSPS) is 17.2. The fourth-order valence-corrected chi connectivity index (χ4v) is 3.87. The molecule has 0 N–H and O–H groups in total. The molecule has 2 rings (SSSR count). The van der Waals surface area contributed by atoms with Gasteiger partial charge in [-0.3, -0.25) is 4.79 Å². The molecule has 0 atom stereocenters. The van der Waals surface area contributed by atoms with Crippen LogP contribution in [0.5, 0.6) is 0 Å². The molecule has 4 heteroatoms. The Balaban J connectivity index is 1.80. The predicted octanol–water partition coefficient (Wildman–Crippen LogP) is 3.41.